The monoisotopic (exact) mass is 473 g/mol. The van der Waals surface area contributed by atoms with Gasteiger partial charge >= 0.3 is 6.03 Å². The Morgan fingerprint density at radius 3 is 2.40 bits per heavy atom. The van der Waals surface area contributed by atoms with Crippen LogP contribution in [0.2, 0.25) is 0 Å². The summed E-state index contributed by atoms with van der Waals surface area (Å²) in [6.07, 6.45) is 3.14. The number of amides is 3. The number of nitrogens with zero attached hydrogens (tertiary/aromatic N) is 2. The van der Waals surface area contributed by atoms with Gasteiger partial charge in [0.05, 0.1) is 6.54 Å². The fourth-order valence-corrected chi connectivity index (χ4v) is 4.46. The minimum atomic E-state index is -0.575. The molecule has 1 fully saturated rings. The van der Waals surface area contributed by atoms with E-state index in [4.69, 9.17) is 14.7 Å². The predicted molar refractivity (Wildman–Crippen MR) is 131 cm³/mol. The molecule has 0 unspecified atom stereocenters. The number of carbonyl (C=O) groups excluding carboxylic acids is 2. The minimum absolute atomic E-state index is 0.0373. The van der Waals surface area contributed by atoms with Gasteiger partial charge in [-0.15, -0.1) is 0 Å². The highest BCUT2D eigenvalue weighted by molar-refractivity contribution is 5.94. The number of nitrogens with one attached hydrogen (secondary N) is 1. The van der Waals surface area contributed by atoms with Crippen LogP contribution in [0.5, 0.6) is 11.5 Å². The molecule has 2 N–H and O–H groups in total. The van der Waals surface area contributed by atoms with E-state index in [9.17, 15) is 9.59 Å². The first kappa shape index (κ1) is 22.7. The summed E-state index contributed by atoms with van der Waals surface area (Å²) < 4.78 is 11.0. The molecule has 0 aromatic heterocycles. The molecule has 2 heterocycles. The number of urea groups is 1. The minimum Gasteiger partial charge on any atom is -0.454 e. The Hall–Kier alpha value is -4.04. The third kappa shape index (κ3) is 4.93. The number of hydrogen-bond acceptors (Lipinski definition) is 5. The van der Waals surface area contributed by atoms with Crippen LogP contribution in [0.25, 0.3) is 11.1 Å². The molecule has 2 aliphatic heterocycles. The van der Waals surface area contributed by atoms with Crippen LogP contribution in [0.4, 0.5) is 10.5 Å². The normalized spacial score (nSPS) is 14.5. The number of hydrogen-bond donors (Lipinski definition) is 2. The van der Waals surface area contributed by atoms with Gasteiger partial charge in [-0.2, -0.15) is 0 Å². The maximum absolute atomic E-state index is 13.6. The van der Waals surface area contributed by atoms with Crippen LogP contribution >= 0.6 is 0 Å². The summed E-state index contributed by atoms with van der Waals surface area (Å²) in [5.74, 6) is 0.862. The summed E-state index contributed by atoms with van der Waals surface area (Å²) in [7, 11) is 0. The Balaban J connectivity index is 1.46. The number of anilines is 1. The Morgan fingerprint density at radius 1 is 0.886 bits per heavy atom. The molecule has 0 atom stereocenters. The Kier molecular flexibility index (Phi) is 6.54. The average molecular weight is 474 g/mol. The molecule has 8 heteroatoms. The van der Waals surface area contributed by atoms with Crippen molar-refractivity contribution in [2.75, 3.05) is 24.8 Å². The van der Waals surface area contributed by atoms with Crippen LogP contribution in [-0.4, -0.2) is 41.9 Å². The molecule has 0 radical (unpaired) electrons. The lowest BCUT2D eigenvalue weighted by atomic mass is 10.0. The lowest BCUT2D eigenvalue weighted by molar-refractivity contribution is 0.0706. The van der Waals surface area contributed by atoms with Gasteiger partial charge < -0.3 is 14.4 Å². The summed E-state index contributed by atoms with van der Waals surface area (Å²) in [6.45, 7) is 2.05. The number of rotatable bonds is 5. The maximum atomic E-state index is 13.6. The van der Waals surface area contributed by atoms with Crippen LogP contribution in [-0.2, 0) is 6.54 Å². The lowest BCUT2D eigenvalue weighted by Crippen LogP contribution is -2.45. The third-order valence-corrected chi connectivity index (χ3v) is 6.38. The van der Waals surface area contributed by atoms with Crippen molar-refractivity contribution in [3.05, 3.63) is 77.9 Å². The van der Waals surface area contributed by atoms with Crippen molar-refractivity contribution in [1.82, 2.24) is 10.4 Å². The van der Waals surface area contributed by atoms with Crippen LogP contribution in [0.15, 0.2) is 66.7 Å². The Bertz CT molecular complexity index is 1220. The standard InChI is InChI=1S/C27H27N3O5/c31-26(28-33)20-9-7-19(8-10-20)17-30(27(32)29-13-2-1-3-14-29)23-6-4-5-21(15-23)22-11-12-24-25(16-22)35-18-34-24/h4-12,15-16,33H,1-3,13-14,17-18H2,(H,28,31). The van der Waals surface area contributed by atoms with Crippen molar-refractivity contribution in [3.63, 3.8) is 0 Å². The highest BCUT2D eigenvalue weighted by Crippen LogP contribution is 2.37. The second kappa shape index (κ2) is 10.1. The van der Waals surface area contributed by atoms with Gasteiger partial charge in [0.15, 0.2) is 11.5 Å². The Labute approximate surface area is 203 Å². The van der Waals surface area contributed by atoms with Gasteiger partial charge in [0.25, 0.3) is 5.91 Å². The molecule has 1 saturated heterocycles. The number of ether oxygens (including phenoxy) is 2. The average Bonchev–Trinajstić information content (AvgIpc) is 3.40. The van der Waals surface area contributed by atoms with E-state index in [0.717, 1.165) is 60.5 Å². The second-order valence-corrected chi connectivity index (χ2v) is 8.67. The topological polar surface area (TPSA) is 91.3 Å². The first-order valence-electron chi connectivity index (χ1n) is 11.7. The van der Waals surface area contributed by atoms with E-state index in [2.05, 4.69) is 0 Å². The molecule has 8 nitrogen and oxygen atoms in total. The van der Waals surface area contributed by atoms with Gasteiger partial charge in [0, 0.05) is 24.3 Å². The van der Waals surface area contributed by atoms with E-state index >= 15 is 0 Å². The molecule has 180 valence electrons. The van der Waals surface area contributed by atoms with Gasteiger partial charge in [0.2, 0.25) is 6.79 Å². The van der Waals surface area contributed by atoms with Gasteiger partial charge in [-0.05, 0) is 72.4 Å². The number of piperidine rings is 1. The zero-order valence-corrected chi connectivity index (χ0v) is 19.3. The lowest BCUT2D eigenvalue weighted by Gasteiger charge is -2.33. The van der Waals surface area contributed by atoms with Crippen LogP contribution in [0.1, 0.15) is 35.2 Å². The quantitative estimate of drug-likeness (QED) is 0.410. The van der Waals surface area contributed by atoms with Crippen LogP contribution < -0.4 is 19.9 Å². The molecule has 0 bridgehead atoms. The molecule has 0 saturated carbocycles. The predicted octanol–water partition coefficient (Wildman–Crippen LogP) is 4.81. The first-order chi connectivity index (χ1) is 17.1. The van der Waals surface area contributed by atoms with E-state index in [1.165, 1.54) is 0 Å². The molecule has 0 spiro atoms. The molecule has 35 heavy (non-hydrogen) atoms. The number of hydroxylamine groups is 1. The van der Waals surface area contributed by atoms with E-state index < -0.39 is 5.91 Å². The second-order valence-electron chi connectivity index (χ2n) is 8.67. The van der Waals surface area contributed by atoms with Crippen molar-refractivity contribution in [3.8, 4) is 22.6 Å². The summed E-state index contributed by atoms with van der Waals surface area (Å²) >= 11 is 0. The highest BCUT2D eigenvalue weighted by atomic mass is 16.7. The highest BCUT2D eigenvalue weighted by Gasteiger charge is 2.25. The number of likely N-dealkylation sites (tertiary alicyclic amines) is 1. The van der Waals surface area contributed by atoms with E-state index in [1.807, 2.05) is 47.4 Å². The molecule has 2 aliphatic rings. The van der Waals surface area contributed by atoms with E-state index in [-0.39, 0.29) is 12.8 Å². The van der Waals surface area contributed by atoms with Gasteiger partial charge in [0.1, 0.15) is 0 Å². The first-order valence-corrected chi connectivity index (χ1v) is 11.7. The van der Waals surface area contributed by atoms with Crippen LogP contribution in [0, 0.1) is 0 Å². The number of fused-ring (bicyclic) bond motifs is 1. The molecular formula is C27H27N3O5. The van der Waals surface area contributed by atoms with Crippen molar-refractivity contribution < 1.29 is 24.3 Å². The largest absolute Gasteiger partial charge is 0.454 e. The molecule has 3 aromatic rings. The molecule has 0 aliphatic carbocycles. The summed E-state index contributed by atoms with van der Waals surface area (Å²) in [4.78, 5) is 29.0. The van der Waals surface area contributed by atoms with Crippen LogP contribution in [0.3, 0.4) is 0 Å². The fourth-order valence-electron chi connectivity index (χ4n) is 4.46. The van der Waals surface area contributed by atoms with Gasteiger partial charge in [-0.3, -0.25) is 14.9 Å². The van der Waals surface area contributed by atoms with E-state index in [0.29, 0.717) is 17.9 Å². The maximum Gasteiger partial charge on any atom is 0.324 e. The van der Waals surface area contributed by atoms with Gasteiger partial charge in [-0.1, -0.05) is 30.3 Å². The Morgan fingerprint density at radius 2 is 1.63 bits per heavy atom. The third-order valence-electron chi connectivity index (χ3n) is 6.38. The van der Waals surface area contributed by atoms with Crippen molar-refractivity contribution in [2.24, 2.45) is 0 Å². The smallest absolute Gasteiger partial charge is 0.324 e. The zero-order valence-electron chi connectivity index (χ0n) is 19.3. The molecule has 3 aromatic carbocycles. The molecule has 5 rings (SSSR count). The molecular weight excluding hydrogens is 446 g/mol. The SMILES string of the molecule is O=C(NO)c1ccc(CN(C(=O)N2CCCCC2)c2cccc(-c3ccc4c(c3)OCO4)c2)cc1. The van der Waals surface area contributed by atoms with Crippen molar-refractivity contribution >= 4 is 17.6 Å². The number of benzene rings is 3. The summed E-state index contributed by atoms with van der Waals surface area (Å²) in [5.41, 5.74) is 5.58. The summed E-state index contributed by atoms with van der Waals surface area (Å²) in [6, 6.07) is 20.5. The fraction of sp³-hybridized carbons (Fsp3) is 0.259. The summed E-state index contributed by atoms with van der Waals surface area (Å²) in [5, 5.41) is 8.87. The number of carbonyl (C=O) groups is 2. The van der Waals surface area contributed by atoms with Crippen molar-refractivity contribution in [1.29, 1.82) is 0 Å². The van der Waals surface area contributed by atoms with Crippen molar-refractivity contribution in [2.45, 2.75) is 25.8 Å². The molecule has 3 amide bonds. The van der Waals surface area contributed by atoms with E-state index in [1.54, 1.807) is 34.6 Å². The van der Waals surface area contributed by atoms with Gasteiger partial charge in [-0.25, -0.2) is 10.3 Å². The zero-order chi connectivity index (χ0) is 24.2.